The smallest absolute Gasteiger partial charge is 0.225 e. The molecule has 1 fully saturated rings. The highest BCUT2D eigenvalue weighted by atomic mass is 16.3. The molecule has 7 heteroatoms. The van der Waals surface area contributed by atoms with Gasteiger partial charge in [0, 0.05) is 38.6 Å². The number of aromatic nitrogens is 2. The molecule has 0 unspecified atom stereocenters. The van der Waals surface area contributed by atoms with Gasteiger partial charge in [0.15, 0.2) is 5.96 Å². The number of guanidine groups is 1. The molecule has 2 aromatic heterocycles. The Bertz CT molecular complexity index is 575. The predicted molar refractivity (Wildman–Crippen MR) is 79.9 cm³/mol. The second-order valence-corrected chi connectivity index (χ2v) is 4.78. The van der Waals surface area contributed by atoms with Gasteiger partial charge in [0.25, 0.3) is 0 Å². The van der Waals surface area contributed by atoms with Gasteiger partial charge in [-0.25, -0.2) is 15.0 Å². The zero-order valence-electron chi connectivity index (χ0n) is 11.7. The maximum Gasteiger partial charge on any atom is 0.225 e. The standard InChI is InChI=1S/C14H18N6O/c15-13(18-11-12-3-1-10-21-12)19-6-8-20(9-7-19)14-16-4-2-5-17-14/h1-5,10H,6-9,11H2,(H2,15,18). The Morgan fingerprint density at radius 2 is 1.95 bits per heavy atom. The van der Waals surface area contributed by atoms with E-state index in [1.807, 2.05) is 18.2 Å². The number of anilines is 1. The molecular formula is C14H18N6O. The quantitative estimate of drug-likeness (QED) is 0.661. The lowest BCUT2D eigenvalue weighted by molar-refractivity contribution is 0.377. The normalized spacial score (nSPS) is 16.3. The Balaban J connectivity index is 1.54. The lowest BCUT2D eigenvalue weighted by atomic mass is 10.3. The van der Waals surface area contributed by atoms with Crippen LogP contribution >= 0.6 is 0 Å². The van der Waals surface area contributed by atoms with Gasteiger partial charge in [-0.05, 0) is 18.2 Å². The van der Waals surface area contributed by atoms with Crippen molar-refractivity contribution in [1.82, 2.24) is 14.9 Å². The Labute approximate surface area is 123 Å². The van der Waals surface area contributed by atoms with E-state index in [-0.39, 0.29) is 0 Å². The highest BCUT2D eigenvalue weighted by Crippen LogP contribution is 2.09. The average Bonchev–Trinajstić information content (AvgIpc) is 3.07. The van der Waals surface area contributed by atoms with Crippen LogP contribution in [0.4, 0.5) is 5.95 Å². The molecule has 0 spiro atoms. The van der Waals surface area contributed by atoms with Crippen molar-refractivity contribution in [2.24, 2.45) is 10.7 Å². The Kier molecular flexibility index (Phi) is 3.99. The molecule has 0 bridgehead atoms. The fourth-order valence-corrected chi connectivity index (χ4v) is 2.25. The van der Waals surface area contributed by atoms with E-state index in [1.54, 1.807) is 18.7 Å². The molecule has 2 aromatic rings. The van der Waals surface area contributed by atoms with E-state index in [4.69, 9.17) is 10.2 Å². The summed E-state index contributed by atoms with van der Waals surface area (Å²) in [5.74, 6) is 2.14. The maximum atomic E-state index is 6.03. The summed E-state index contributed by atoms with van der Waals surface area (Å²) in [6, 6.07) is 5.56. The summed E-state index contributed by atoms with van der Waals surface area (Å²) in [5.41, 5.74) is 6.03. The van der Waals surface area contributed by atoms with E-state index in [9.17, 15) is 0 Å². The molecule has 3 rings (SSSR count). The van der Waals surface area contributed by atoms with Crippen molar-refractivity contribution in [3.8, 4) is 0 Å². The van der Waals surface area contributed by atoms with Crippen LogP contribution in [0.5, 0.6) is 0 Å². The van der Waals surface area contributed by atoms with Gasteiger partial charge in [0.1, 0.15) is 12.3 Å². The third kappa shape index (κ3) is 3.31. The van der Waals surface area contributed by atoms with Crippen LogP contribution in [0.15, 0.2) is 46.3 Å². The van der Waals surface area contributed by atoms with Gasteiger partial charge in [0.05, 0.1) is 6.26 Å². The van der Waals surface area contributed by atoms with Crippen molar-refractivity contribution >= 4 is 11.9 Å². The van der Waals surface area contributed by atoms with E-state index in [1.165, 1.54) is 0 Å². The van der Waals surface area contributed by atoms with Gasteiger partial charge in [-0.2, -0.15) is 0 Å². The third-order valence-electron chi connectivity index (χ3n) is 3.42. The molecule has 0 amide bonds. The van der Waals surface area contributed by atoms with Gasteiger partial charge >= 0.3 is 0 Å². The van der Waals surface area contributed by atoms with E-state index < -0.39 is 0 Å². The van der Waals surface area contributed by atoms with Crippen molar-refractivity contribution in [2.75, 3.05) is 31.1 Å². The Hall–Kier alpha value is -2.57. The molecule has 110 valence electrons. The van der Waals surface area contributed by atoms with E-state index in [2.05, 4.69) is 24.8 Å². The first-order valence-corrected chi connectivity index (χ1v) is 6.92. The summed E-state index contributed by atoms with van der Waals surface area (Å²) in [6.45, 7) is 3.76. The first-order valence-electron chi connectivity index (χ1n) is 6.92. The van der Waals surface area contributed by atoms with Crippen LogP contribution in [-0.2, 0) is 6.54 Å². The maximum absolute atomic E-state index is 6.03. The molecule has 7 nitrogen and oxygen atoms in total. The van der Waals surface area contributed by atoms with Crippen molar-refractivity contribution < 1.29 is 4.42 Å². The molecule has 0 aromatic carbocycles. The van der Waals surface area contributed by atoms with Crippen LogP contribution in [-0.4, -0.2) is 47.0 Å². The number of nitrogens with zero attached hydrogens (tertiary/aromatic N) is 5. The van der Waals surface area contributed by atoms with Gasteiger partial charge in [-0.3, -0.25) is 0 Å². The largest absolute Gasteiger partial charge is 0.467 e. The lowest BCUT2D eigenvalue weighted by Gasteiger charge is -2.35. The second-order valence-electron chi connectivity index (χ2n) is 4.78. The molecule has 0 saturated carbocycles. The van der Waals surface area contributed by atoms with E-state index in [0.717, 1.165) is 37.9 Å². The number of hydrogen-bond acceptors (Lipinski definition) is 5. The minimum absolute atomic E-state index is 0.473. The van der Waals surface area contributed by atoms with Crippen molar-refractivity contribution in [3.05, 3.63) is 42.6 Å². The number of piperazine rings is 1. The zero-order chi connectivity index (χ0) is 14.5. The van der Waals surface area contributed by atoms with Crippen molar-refractivity contribution in [2.45, 2.75) is 6.54 Å². The van der Waals surface area contributed by atoms with Crippen LogP contribution in [0.25, 0.3) is 0 Å². The molecule has 3 heterocycles. The summed E-state index contributed by atoms with van der Waals surface area (Å²) in [6.07, 6.45) is 5.15. The molecule has 2 N–H and O–H groups in total. The Morgan fingerprint density at radius 1 is 1.19 bits per heavy atom. The molecule has 0 atom stereocenters. The van der Waals surface area contributed by atoms with Crippen molar-refractivity contribution in [1.29, 1.82) is 0 Å². The summed E-state index contributed by atoms with van der Waals surface area (Å²) in [7, 11) is 0. The number of aliphatic imine (C=N–C) groups is 1. The first kappa shape index (κ1) is 13.4. The number of nitrogens with two attached hydrogens (primary N) is 1. The van der Waals surface area contributed by atoms with Crippen LogP contribution in [0.3, 0.4) is 0 Å². The number of hydrogen-bond donors (Lipinski definition) is 1. The lowest BCUT2D eigenvalue weighted by Crippen LogP contribution is -2.51. The van der Waals surface area contributed by atoms with Crippen LogP contribution in [0, 0.1) is 0 Å². The number of furan rings is 1. The minimum Gasteiger partial charge on any atom is -0.467 e. The second kappa shape index (κ2) is 6.25. The average molecular weight is 286 g/mol. The van der Waals surface area contributed by atoms with Crippen LogP contribution in [0.1, 0.15) is 5.76 Å². The highest BCUT2D eigenvalue weighted by Gasteiger charge is 2.19. The predicted octanol–water partition coefficient (Wildman–Crippen LogP) is 0.706. The molecule has 21 heavy (non-hydrogen) atoms. The SMILES string of the molecule is NC(=NCc1ccco1)N1CCN(c2ncccn2)CC1. The van der Waals surface area contributed by atoms with E-state index in [0.29, 0.717) is 12.5 Å². The van der Waals surface area contributed by atoms with Gasteiger partial charge in [-0.15, -0.1) is 0 Å². The molecule has 1 aliphatic heterocycles. The molecule has 1 saturated heterocycles. The summed E-state index contributed by atoms with van der Waals surface area (Å²) in [4.78, 5) is 17.1. The van der Waals surface area contributed by atoms with Crippen molar-refractivity contribution in [3.63, 3.8) is 0 Å². The first-order chi connectivity index (χ1) is 10.3. The third-order valence-corrected chi connectivity index (χ3v) is 3.42. The Morgan fingerprint density at radius 3 is 2.62 bits per heavy atom. The molecular weight excluding hydrogens is 268 g/mol. The van der Waals surface area contributed by atoms with E-state index >= 15 is 0 Å². The molecule has 1 aliphatic rings. The summed E-state index contributed by atoms with van der Waals surface area (Å²) in [5, 5.41) is 0. The topological polar surface area (TPSA) is 83.8 Å². The monoisotopic (exact) mass is 286 g/mol. The zero-order valence-corrected chi connectivity index (χ0v) is 11.7. The van der Waals surface area contributed by atoms with Crippen LogP contribution in [0.2, 0.25) is 0 Å². The molecule has 0 aliphatic carbocycles. The minimum atomic E-state index is 0.473. The summed E-state index contributed by atoms with van der Waals surface area (Å²) >= 11 is 0. The van der Waals surface area contributed by atoms with Crippen LogP contribution < -0.4 is 10.6 Å². The highest BCUT2D eigenvalue weighted by molar-refractivity contribution is 5.78. The number of rotatable bonds is 3. The van der Waals surface area contributed by atoms with Gasteiger partial charge in [-0.1, -0.05) is 0 Å². The fraction of sp³-hybridized carbons (Fsp3) is 0.357. The summed E-state index contributed by atoms with van der Waals surface area (Å²) < 4.78 is 5.24. The van der Waals surface area contributed by atoms with Gasteiger partial charge < -0.3 is 20.0 Å². The fourth-order valence-electron chi connectivity index (χ4n) is 2.25. The van der Waals surface area contributed by atoms with Gasteiger partial charge in [0.2, 0.25) is 5.95 Å². The molecule has 0 radical (unpaired) electrons.